The number of methoxy groups -OCH3 is 1. The first kappa shape index (κ1) is 12.4. The van der Waals surface area contributed by atoms with E-state index in [0.29, 0.717) is 5.56 Å². The van der Waals surface area contributed by atoms with Crippen LogP contribution in [0.4, 0.5) is 4.39 Å². The lowest BCUT2D eigenvalue weighted by molar-refractivity contribution is 0.387. The van der Waals surface area contributed by atoms with Gasteiger partial charge in [0.05, 0.1) is 12.7 Å². The smallest absolute Gasteiger partial charge is 0.256 e. The number of ether oxygens (including phenoxy) is 1. The van der Waals surface area contributed by atoms with Gasteiger partial charge < -0.3 is 9.72 Å². The third kappa shape index (κ3) is 2.01. The van der Waals surface area contributed by atoms with E-state index in [0.717, 1.165) is 11.3 Å². The predicted molar refractivity (Wildman–Crippen MR) is 68.5 cm³/mol. The summed E-state index contributed by atoms with van der Waals surface area (Å²) in [5.41, 5.74) is 1.96. The lowest BCUT2D eigenvalue weighted by atomic mass is 10.0. The highest BCUT2D eigenvalue weighted by atomic mass is 19.1. The van der Waals surface area contributed by atoms with Gasteiger partial charge in [-0.3, -0.25) is 4.79 Å². The Kier molecular flexibility index (Phi) is 3.19. The molecule has 0 unspecified atom stereocenters. The normalized spacial score (nSPS) is 10.4. The van der Waals surface area contributed by atoms with Crippen molar-refractivity contribution in [1.29, 1.82) is 0 Å². The topological polar surface area (TPSA) is 42.1 Å². The number of pyridine rings is 1. The zero-order valence-electron chi connectivity index (χ0n) is 10.5. The summed E-state index contributed by atoms with van der Waals surface area (Å²) in [5, 5.41) is 0. The number of hydrogen-bond donors (Lipinski definition) is 1. The number of aryl methyl sites for hydroxylation is 2. The molecule has 1 aromatic heterocycles. The largest absolute Gasteiger partial charge is 0.494 e. The second-order valence-corrected chi connectivity index (χ2v) is 4.14. The molecule has 0 atom stereocenters. The molecular weight excluding hydrogens is 233 g/mol. The van der Waals surface area contributed by atoms with Gasteiger partial charge in [0.2, 0.25) is 0 Å². The van der Waals surface area contributed by atoms with E-state index in [4.69, 9.17) is 4.74 Å². The lowest BCUT2D eigenvalue weighted by Gasteiger charge is -2.08. The molecule has 0 aliphatic heterocycles. The van der Waals surface area contributed by atoms with E-state index in [1.54, 1.807) is 18.2 Å². The van der Waals surface area contributed by atoms with Crippen molar-refractivity contribution in [2.45, 2.75) is 13.8 Å². The molecule has 94 valence electrons. The SMILES string of the molecule is COc1cccc(-c2cc(C)c(C)[nH]c2=O)c1F. The van der Waals surface area contributed by atoms with E-state index in [1.165, 1.54) is 13.2 Å². The summed E-state index contributed by atoms with van der Waals surface area (Å²) in [4.78, 5) is 14.6. The Labute approximate surface area is 104 Å². The highest BCUT2D eigenvalue weighted by Crippen LogP contribution is 2.27. The maximum absolute atomic E-state index is 14.1. The molecule has 0 aliphatic rings. The molecule has 0 bridgehead atoms. The van der Waals surface area contributed by atoms with Crippen LogP contribution in [0.3, 0.4) is 0 Å². The van der Waals surface area contributed by atoms with Crippen LogP contribution in [0.1, 0.15) is 11.3 Å². The molecule has 1 heterocycles. The number of benzene rings is 1. The fourth-order valence-corrected chi connectivity index (χ4v) is 1.80. The van der Waals surface area contributed by atoms with Crippen molar-refractivity contribution in [1.82, 2.24) is 4.98 Å². The van der Waals surface area contributed by atoms with Crippen molar-refractivity contribution in [3.05, 3.63) is 51.7 Å². The summed E-state index contributed by atoms with van der Waals surface area (Å²) in [6, 6.07) is 6.43. The van der Waals surface area contributed by atoms with Crippen LogP contribution >= 0.6 is 0 Å². The molecule has 3 nitrogen and oxygen atoms in total. The Hall–Kier alpha value is -2.10. The van der Waals surface area contributed by atoms with Crippen LogP contribution in [0.2, 0.25) is 0 Å². The molecule has 0 saturated carbocycles. The van der Waals surface area contributed by atoms with E-state index >= 15 is 0 Å². The van der Waals surface area contributed by atoms with Gasteiger partial charge in [-0.25, -0.2) is 4.39 Å². The van der Waals surface area contributed by atoms with Crippen LogP contribution in [0.5, 0.6) is 5.75 Å². The van der Waals surface area contributed by atoms with Gasteiger partial charge in [-0.2, -0.15) is 0 Å². The maximum Gasteiger partial charge on any atom is 0.256 e. The molecule has 0 radical (unpaired) electrons. The van der Waals surface area contributed by atoms with Gasteiger partial charge in [0.15, 0.2) is 11.6 Å². The second-order valence-electron chi connectivity index (χ2n) is 4.14. The van der Waals surface area contributed by atoms with Crippen molar-refractivity contribution in [2.75, 3.05) is 7.11 Å². The second kappa shape index (κ2) is 4.64. The Bertz CT molecular complexity index is 647. The molecular formula is C14H14FNO2. The minimum atomic E-state index is -0.520. The zero-order chi connectivity index (χ0) is 13.3. The summed E-state index contributed by atoms with van der Waals surface area (Å²) < 4.78 is 19.0. The van der Waals surface area contributed by atoms with E-state index in [1.807, 2.05) is 13.8 Å². The molecule has 0 fully saturated rings. The number of nitrogens with one attached hydrogen (secondary N) is 1. The number of aromatic nitrogens is 1. The summed E-state index contributed by atoms with van der Waals surface area (Å²) in [6.07, 6.45) is 0. The fraction of sp³-hybridized carbons (Fsp3) is 0.214. The van der Waals surface area contributed by atoms with Gasteiger partial charge in [0, 0.05) is 11.3 Å². The van der Waals surface area contributed by atoms with Gasteiger partial charge in [0.1, 0.15) is 0 Å². The molecule has 0 spiro atoms. The summed E-state index contributed by atoms with van der Waals surface area (Å²) in [7, 11) is 1.40. The Morgan fingerprint density at radius 3 is 2.61 bits per heavy atom. The molecule has 4 heteroatoms. The van der Waals surface area contributed by atoms with Crippen molar-refractivity contribution in [3.8, 4) is 16.9 Å². The van der Waals surface area contributed by atoms with E-state index in [9.17, 15) is 9.18 Å². The Morgan fingerprint density at radius 1 is 1.22 bits per heavy atom. The first-order chi connectivity index (χ1) is 8.54. The summed E-state index contributed by atoms with van der Waals surface area (Å²) >= 11 is 0. The van der Waals surface area contributed by atoms with Crippen molar-refractivity contribution in [3.63, 3.8) is 0 Å². The van der Waals surface area contributed by atoms with E-state index in [2.05, 4.69) is 4.98 Å². The van der Waals surface area contributed by atoms with Crippen LogP contribution in [-0.4, -0.2) is 12.1 Å². The maximum atomic E-state index is 14.1. The minimum Gasteiger partial charge on any atom is -0.494 e. The number of halogens is 1. The predicted octanol–water partition coefficient (Wildman–Crippen LogP) is 2.81. The number of aromatic amines is 1. The summed E-state index contributed by atoms with van der Waals surface area (Å²) in [5.74, 6) is -0.390. The van der Waals surface area contributed by atoms with Gasteiger partial charge in [-0.1, -0.05) is 12.1 Å². The van der Waals surface area contributed by atoms with E-state index in [-0.39, 0.29) is 16.9 Å². The first-order valence-electron chi connectivity index (χ1n) is 5.58. The first-order valence-corrected chi connectivity index (χ1v) is 5.58. The van der Waals surface area contributed by atoms with Crippen molar-refractivity contribution >= 4 is 0 Å². The highest BCUT2D eigenvalue weighted by molar-refractivity contribution is 5.66. The highest BCUT2D eigenvalue weighted by Gasteiger charge is 2.13. The minimum absolute atomic E-state index is 0.130. The number of rotatable bonds is 2. The third-order valence-corrected chi connectivity index (χ3v) is 2.97. The fourth-order valence-electron chi connectivity index (χ4n) is 1.80. The number of H-pyrrole nitrogens is 1. The number of hydrogen-bond acceptors (Lipinski definition) is 2. The molecule has 18 heavy (non-hydrogen) atoms. The average molecular weight is 247 g/mol. The standard InChI is InChI=1S/C14H14FNO2/c1-8-7-11(14(17)16-9(8)2)10-5-4-6-12(18-3)13(10)15/h4-7H,1-3H3,(H,16,17). The van der Waals surface area contributed by atoms with E-state index < -0.39 is 5.82 Å². The summed E-state index contributed by atoms with van der Waals surface area (Å²) in [6.45, 7) is 3.68. The molecule has 0 aliphatic carbocycles. The van der Waals surface area contributed by atoms with Crippen LogP contribution in [-0.2, 0) is 0 Å². The van der Waals surface area contributed by atoms with Gasteiger partial charge >= 0.3 is 0 Å². The Balaban J connectivity index is 2.70. The van der Waals surface area contributed by atoms with Crippen molar-refractivity contribution < 1.29 is 9.13 Å². The Morgan fingerprint density at radius 2 is 1.94 bits per heavy atom. The molecule has 1 aromatic carbocycles. The molecule has 2 rings (SSSR count). The van der Waals surface area contributed by atoms with Crippen LogP contribution < -0.4 is 10.3 Å². The van der Waals surface area contributed by atoms with Gasteiger partial charge in [-0.05, 0) is 31.5 Å². The van der Waals surface area contributed by atoms with Gasteiger partial charge in [0.25, 0.3) is 5.56 Å². The van der Waals surface area contributed by atoms with Crippen LogP contribution in [0.15, 0.2) is 29.1 Å². The third-order valence-electron chi connectivity index (χ3n) is 2.97. The molecule has 2 aromatic rings. The lowest BCUT2D eigenvalue weighted by Crippen LogP contribution is -2.12. The molecule has 1 N–H and O–H groups in total. The monoisotopic (exact) mass is 247 g/mol. The zero-order valence-corrected chi connectivity index (χ0v) is 10.5. The van der Waals surface area contributed by atoms with Crippen LogP contribution in [0, 0.1) is 19.7 Å². The van der Waals surface area contributed by atoms with Crippen LogP contribution in [0.25, 0.3) is 11.1 Å². The average Bonchev–Trinajstić information content (AvgIpc) is 2.34. The quantitative estimate of drug-likeness (QED) is 0.886. The van der Waals surface area contributed by atoms with Crippen molar-refractivity contribution in [2.24, 2.45) is 0 Å². The molecule has 0 amide bonds. The van der Waals surface area contributed by atoms with Gasteiger partial charge in [-0.15, -0.1) is 0 Å². The molecule has 0 saturated heterocycles.